The van der Waals surface area contributed by atoms with E-state index in [0.29, 0.717) is 17.7 Å². The number of allylic oxidation sites excluding steroid dienone is 2. The minimum absolute atomic E-state index is 0.104. The molecule has 17 heavy (non-hydrogen) atoms. The molecule has 88 valence electrons. The lowest BCUT2D eigenvalue weighted by atomic mass is 9.93. The molecule has 3 unspecified atom stereocenters. The second-order valence-electron chi connectivity index (χ2n) is 4.74. The Bertz CT molecular complexity index is 486. The summed E-state index contributed by atoms with van der Waals surface area (Å²) in [5, 5.41) is 2.90. The molecule has 0 spiro atoms. The van der Waals surface area contributed by atoms with Crippen LogP contribution in [0.1, 0.15) is 12.8 Å². The lowest BCUT2D eigenvalue weighted by Crippen LogP contribution is -2.26. The number of amides is 1. The first-order valence-electron chi connectivity index (χ1n) is 5.83. The predicted octanol–water partition coefficient (Wildman–Crippen LogP) is 2.99. The average Bonchev–Trinajstić information content (AvgIpc) is 2.90. The number of fused-ring (bicyclic) bond motifs is 2. The number of pyridine rings is 1. The van der Waals surface area contributed by atoms with E-state index in [2.05, 4.69) is 38.4 Å². The quantitative estimate of drug-likeness (QED) is 0.852. The molecule has 1 aromatic heterocycles. The van der Waals surface area contributed by atoms with Gasteiger partial charge in [-0.1, -0.05) is 28.1 Å². The molecule has 1 N–H and O–H groups in total. The van der Waals surface area contributed by atoms with Crippen LogP contribution in [0.25, 0.3) is 0 Å². The summed E-state index contributed by atoms with van der Waals surface area (Å²) in [6, 6.07) is 3.66. The van der Waals surface area contributed by atoms with Gasteiger partial charge < -0.3 is 5.32 Å². The highest BCUT2D eigenvalue weighted by atomic mass is 79.9. The van der Waals surface area contributed by atoms with Crippen LogP contribution in [0.15, 0.2) is 35.0 Å². The summed E-state index contributed by atoms with van der Waals surface area (Å²) in [4.78, 5) is 16.2. The Morgan fingerprint density at radius 1 is 1.41 bits per heavy atom. The third-order valence-corrected chi connectivity index (χ3v) is 4.08. The second-order valence-corrected chi connectivity index (χ2v) is 5.65. The van der Waals surface area contributed by atoms with Crippen molar-refractivity contribution in [2.45, 2.75) is 12.8 Å². The van der Waals surface area contributed by atoms with Gasteiger partial charge in [-0.15, -0.1) is 0 Å². The van der Waals surface area contributed by atoms with Gasteiger partial charge in [0.1, 0.15) is 5.82 Å². The lowest BCUT2D eigenvalue weighted by Gasteiger charge is -2.17. The molecule has 1 amide bonds. The molecule has 0 saturated heterocycles. The van der Waals surface area contributed by atoms with Crippen LogP contribution in [-0.2, 0) is 4.79 Å². The fourth-order valence-electron chi connectivity index (χ4n) is 2.77. The van der Waals surface area contributed by atoms with E-state index in [-0.39, 0.29) is 11.8 Å². The van der Waals surface area contributed by atoms with E-state index in [1.165, 1.54) is 0 Å². The Kier molecular flexibility index (Phi) is 2.74. The van der Waals surface area contributed by atoms with Crippen molar-refractivity contribution in [2.75, 3.05) is 5.32 Å². The second kappa shape index (κ2) is 4.26. The molecule has 0 aliphatic heterocycles. The van der Waals surface area contributed by atoms with Gasteiger partial charge in [-0.05, 0) is 36.8 Å². The van der Waals surface area contributed by atoms with Crippen LogP contribution in [0, 0.1) is 17.8 Å². The first-order chi connectivity index (χ1) is 8.22. The number of nitrogens with zero attached hydrogens (tertiary/aromatic N) is 1. The fraction of sp³-hybridized carbons (Fsp3) is 0.385. The molecule has 2 bridgehead atoms. The maximum Gasteiger partial charge on any atom is 0.229 e. The molecule has 1 aromatic rings. The number of hydrogen-bond acceptors (Lipinski definition) is 2. The number of rotatable bonds is 2. The van der Waals surface area contributed by atoms with Crippen LogP contribution in [-0.4, -0.2) is 10.9 Å². The third-order valence-electron chi connectivity index (χ3n) is 3.59. The van der Waals surface area contributed by atoms with E-state index in [1.54, 1.807) is 6.20 Å². The SMILES string of the molecule is O=C(Nc1cc(Br)ccn1)C1CC2C=CC1C2. The average molecular weight is 293 g/mol. The Morgan fingerprint density at radius 2 is 2.29 bits per heavy atom. The Balaban J connectivity index is 1.70. The highest BCUT2D eigenvalue weighted by Crippen LogP contribution is 2.43. The maximum absolute atomic E-state index is 12.1. The van der Waals surface area contributed by atoms with Crippen LogP contribution in [0.2, 0.25) is 0 Å². The molecule has 0 aromatic carbocycles. The van der Waals surface area contributed by atoms with Crippen molar-refractivity contribution in [1.82, 2.24) is 4.98 Å². The van der Waals surface area contributed by atoms with Gasteiger partial charge in [0.05, 0.1) is 0 Å². The molecule has 1 heterocycles. The van der Waals surface area contributed by atoms with E-state index in [0.717, 1.165) is 17.3 Å². The lowest BCUT2D eigenvalue weighted by molar-refractivity contribution is -0.120. The van der Waals surface area contributed by atoms with Crippen molar-refractivity contribution < 1.29 is 4.79 Å². The summed E-state index contributed by atoms with van der Waals surface area (Å²) in [5.74, 6) is 1.91. The van der Waals surface area contributed by atoms with Crippen molar-refractivity contribution >= 4 is 27.7 Å². The molecule has 1 saturated carbocycles. The van der Waals surface area contributed by atoms with Gasteiger partial charge in [0.15, 0.2) is 0 Å². The van der Waals surface area contributed by atoms with Crippen LogP contribution in [0.5, 0.6) is 0 Å². The number of anilines is 1. The van der Waals surface area contributed by atoms with Gasteiger partial charge in [0.25, 0.3) is 0 Å². The van der Waals surface area contributed by atoms with Crippen molar-refractivity contribution in [2.24, 2.45) is 17.8 Å². The zero-order valence-corrected chi connectivity index (χ0v) is 10.9. The van der Waals surface area contributed by atoms with Crippen molar-refractivity contribution in [3.63, 3.8) is 0 Å². The molecular formula is C13H13BrN2O. The number of halogens is 1. The van der Waals surface area contributed by atoms with Gasteiger partial charge >= 0.3 is 0 Å². The van der Waals surface area contributed by atoms with Crippen molar-refractivity contribution in [3.8, 4) is 0 Å². The van der Waals surface area contributed by atoms with Crippen LogP contribution < -0.4 is 5.32 Å². The molecular weight excluding hydrogens is 280 g/mol. The highest BCUT2D eigenvalue weighted by molar-refractivity contribution is 9.10. The topological polar surface area (TPSA) is 42.0 Å². The molecule has 1 fully saturated rings. The number of aromatic nitrogens is 1. The predicted molar refractivity (Wildman–Crippen MR) is 69.4 cm³/mol. The first kappa shape index (κ1) is 11.0. The van der Waals surface area contributed by atoms with Gasteiger partial charge in [0.2, 0.25) is 5.91 Å². The zero-order valence-electron chi connectivity index (χ0n) is 9.27. The van der Waals surface area contributed by atoms with E-state index < -0.39 is 0 Å². The molecule has 3 atom stereocenters. The third kappa shape index (κ3) is 2.14. The first-order valence-corrected chi connectivity index (χ1v) is 6.62. The molecule has 2 aliphatic carbocycles. The summed E-state index contributed by atoms with van der Waals surface area (Å²) in [7, 11) is 0. The fourth-order valence-corrected chi connectivity index (χ4v) is 3.11. The minimum Gasteiger partial charge on any atom is -0.310 e. The summed E-state index contributed by atoms with van der Waals surface area (Å²) < 4.78 is 0.927. The summed E-state index contributed by atoms with van der Waals surface area (Å²) in [6.45, 7) is 0. The molecule has 3 rings (SSSR count). The smallest absolute Gasteiger partial charge is 0.229 e. The monoisotopic (exact) mass is 292 g/mol. The number of nitrogens with one attached hydrogen (secondary N) is 1. The van der Waals surface area contributed by atoms with E-state index >= 15 is 0 Å². The number of hydrogen-bond donors (Lipinski definition) is 1. The zero-order chi connectivity index (χ0) is 11.8. The molecule has 2 aliphatic rings. The highest BCUT2D eigenvalue weighted by Gasteiger charge is 2.39. The van der Waals surface area contributed by atoms with Crippen molar-refractivity contribution in [3.05, 3.63) is 35.0 Å². The minimum atomic E-state index is 0.104. The van der Waals surface area contributed by atoms with E-state index in [4.69, 9.17) is 0 Å². The number of carbonyl (C=O) groups excluding carboxylic acids is 1. The van der Waals surface area contributed by atoms with E-state index in [1.807, 2.05) is 12.1 Å². The summed E-state index contributed by atoms with van der Waals surface area (Å²) in [5.41, 5.74) is 0. The van der Waals surface area contributed by atoms with Gasteiger partial charge in [0, 0.05) is 16.6 Å². The normalized spacial score (nSPS) is 29.6. The number of carbonyl (C=O) groups is 1. The Morgan fingerprint density at radius 3 is 2.94 bits per heavy atom. The Hall–Kier alpha value is -1.16. The van der Waals surface area contributed by atoms with E-state index in [9.17, 15) is 4.79 Å². The van der Waals surface area contributed by atoms with Crippen LogP contribution >= 0.6 is 15.9 Å². The molecule has 4 heteroatoms. The Labute approximate surface area is 108 Å². The van der Waals surface area contributed by atoms with Crippen LogP contribution in [0.4, 0.5) is 5.82 Å². The molecule has 3 nitrogen and oxygen atoms in total. The van der Waals surface area contributed by atoms with Gasteiger partial charge in [-0.3, -0.25) is 4.79 Å². The van der Waals surface area contributed by atoms with Gasteiger partial charge in [-0.2, -0.15) is 0 Å². The van der Waals surface area contributed by atoms with Crippen LogP contribution in [0.3, 0.4) is 0 Å². The van der Waals surface area contributed by atoms with Crippen molar-refractivity contribution in [1.29, 1.82) is 0 Å². The van der Waals surface area contributed by atoms with Gasteiger partial charge in [-0.25, -0.2) is 4.98 Å². The molecule has 0 radical (unpaired) electrons. The summed E-state index contributed by atoms with van der Waals surface area (Å²) in [6.07, 6.45) is 8.24. The maximum atomic E-state index is 12.1. The summed E-state index contributed by atoms with van der Waals surface area (Å²) >= 11 is 3.37. The largest absolute Gasteiger partial charge is 0.310 e. The standard InChI is InChI=1S/C13H13BrN2O/c14-10-3-4-15-12(7-10)16-13(17)11-6-8-1-2-9(11)5-8/h1-4,7-9,11H,5-6H2,(H,15,16,17).